The third-order valence-electron chi connectivity index (χ3n) is 4.82. The Morgan fingerprint density at radius 3 is 3.05 bits per heavy atom. The van der Waals surface area contributed by atoms with Crippen LogP contribution in [0.25, 0.3) is 6.08 Å². The largest absolute Gasteiger partial charge is 0.325 e. The van der Waals surface area contributed by atoms with E-state index in [2.05, 4.69) is 22.1 Å². The molecule has 2 aromatic rings. The summed E-state index contributed by atoms with van der Waals surface area (Å²) in [6.45, 7) is 6.16. The van der Waals surface area contributed by atoms with Gasteiger partial charge in [-0.3, -0.25) is 9.89 Å². The quantitative estimate of drug-likeness (QED) is 0.853. The first-order valence-electron chi connectivity index (χ1n) is 7.41. The van der Waals surface area contributed by atoms with Gasteiger partial charge >= 0.3 is 0 Å². The van der Waals surface area contributed by atoms with E-state index < -0.39 is 5.41 Å². The number of nitrogens with zero attached hydrogens (tertiary/aromatic N) is 1. The van der Waals surface area contributed by atoms with Gasteiger partial charge in [0.2, 0.25) is 5.91 Å². The predicted octanol–water partition coefficient (Wildman–Crippen LogP) is 3.20. The molecule has 0 radical (unpaired) electrons. The molecule has 1 aliphatic heterocycles. The molecule has 1 amide bonds. The van der Waals surface area contributed by atoms with Gasteiger partial charge in [0, 0.05) is 22.9 Å². The summed E-state index contributed by atoms with van der Waals surface area (Å²) in [5, 5.41) is 9.91. The van der Waals surface area contributed by atoms with Crippen molar-refractivity contribution in [2.24, 2.45) is 5.92 Å². The summed E-state index contributed by atoms with van der Waals surface area (Å²) >= 11 is 0. The molecule has 0 saturated heterocycles. The highest BCUT2D eigenvalue weighted by atomic mass is 16.2. The SMILES string of the molecule is C=C(/C=C\c1cn[nH]c1C)[C@H]1C[C@]12C(=O)Nc1ccccc12. The highest BCUT2D eigenvalue weighted by molar-refractivity contribution is 6.09. The molecule has 22 heavy (non-hydrogen) atoms. The van der Waals surface area contributed by atoms with E-state index in [1.807, 2.05) is 43.3 Å². The zero-order valence-electron chi connectivity index (χ0n) is 12.4. The highest BCUT2D eigenvalue weighted by Gasteiger charge is 2.64. The van der Waals surface area contributed by atoms with Gasteiger partial charge < -0.3 is 5.32 Å². The summed E-state index contributed by atoms with van der Waals surface area (Å²) < 4.78 is 0. The van der Waals surface area contributed by atoms with Crippen LogP contribution in [0.4, 0.5) is 5.69 Å². The smallest absolute Gasteiger partial charge is 0.235 e. The molecule has 2 heterocycles. The van der Waals surface area contributed by atoms with Crippen molar-refractivity contribution < 1.29 is 4.79 Å². The minimum Gasteiger partial charge on any atom is -0.325 e. The van der Waals surface area contributed by atoms with Gasteiger partial charge in [-0.25, -0.2) is 0 Å². The molecule has 4 nitrogen and oxygen atoms in total. The van der Waals surface area contributed by atoms with Crippen LogP contribution < -0.4 is 5.32 Å². The molecule has 0 bridgehead atoms. The number of allylic oxidation sites excluding steroid dienone is 2. The van der Waals surface area contributed by atoms with Crippen LogP contribution in [-0.2, 0) is 10.2 Å². The van der Waals surface area contributed by atoms with E-state index in [4.69, 9.17) is 0 Å². The number of amides is 1. The number of rotatable bonds is 3. The van der Waals surface area contributed by atoms with Crippen molar-refractivity contribution in [3.63, 3.8) is 0 Å². The number of para-hydroxylation sites is 1. The Morgan fingerprint density at radius 1 is 1.45 bits per heavy atom. The van der Waals surface area contributed by atoms with Crippen molar-refractivity contribution in [2.75, 3.05) is 5.32 Å². The molecule has 1 saturated carbocycles. The second kappa shape index (κ2) is 4.44. The standard InChI is InChI=1S/C18H17N3O/c1-11(7-8-13-10-19-21-12(13)2)15-9-18(15)14-5-3-4-6-16(14)20-17(18)22/h3-8,10,15H,1,9H2,2H3,(H,19,21)(H,20,22)/b8-7-/t15-,18-/m1/s1. The number of H-pyrrole nitrogens is 1. The fourth-order valence-corrected chi connectivity index (χ4v) is 3.44. The predicted molar refractivity (Wildman–Crippen MR) is 86.4 cm³/mol. The summed E-state index contributed by atoms with van der Waals surface area (Å²) in [4.78, 5) is 12.4. The van der Waals surface area contributed by atoms with Gasteiger partial charge in [-0.2, -0.15) is 5.10 Å². The molecule has 4 heteroatoms. The van der Waals surface area contributed by atoms with Crippen LogP contribution in [0.15, 0.2) is 48.7 Å². The molecular weight excluding hydrogens is 274 g/mol. The zero-order chi connectivity index (χ0) is 15.3. The molecular formula is C18H17N3O. The van der Waals surface area contributed by atoms with Gasteiger partial charge in [0.1, 0.15) is 0 Å². The lowest BCUT2D eigenvalue weighted by atomic mass is 9.92. The maximum Gasteiger partial charge on any atom is 0.235 e. The van der Waals surface area contributed by atoms with Crippen LogP contribution in [0.3, 0.4) is 0 Å². The molecule has 1 spiro atoms. The Labute approximate surface area is 128 Å². The number of carbonyl (C=O) groups is 1. The Hall–Kier alpha value is -2.62. The first-order chi connectivity index (χ1) is 10.6. The molecule has 1 fully saturated rings. The second-order valence-corrected chi connectivity index (χ2v) is 6.09. The van der Waals surface area contributed by atoms with Crippen LogP contribution in [0, 0.1) is 12.8 Å². The van der Waals surface area contributed by atoms with Crippen molar-refractivity contribution in [1.29, 1.82) is 0 Å². The topological polar surface area (TPSA) is 57.8 Å². The Kier molecular flexibility index (Phi) is 2.64. The lowest BCUT2D eigenvalue weighted by Gasteiger charge is -2.08. The third kappa shape index (κ3) is 1.70. The van der Waals surface area contributed by atoms with Gasteiger partial charge in [0.25, 0.3) is 0 Å². The number of anilines is 1. The number of carbonyl (C=O) groups excluding carboxylic acids is 1. The van der Waals surface area contributed by atoms with Gasteiger partial charge in [-0.1, -0.05) is 42.5 Å². The number of nitrogens with one attached hydrogen (secondary N) is 2. The average molecular weight is 291 g/mol. The summed E-state index contributed by atoms with van der Waals surface area (Å²) in [5.74, 6) is 0.285. The Bertz CT molecular complexity index is 817. The van der Waals surface area contributed by atoms with Crippen molar-refractivity contribution in [2.45, 2.75) is 18.8 Å². The van der Waals surface area contributed by atoms with Crippen molar-refractivity contribution in [3.8, 4) is 0 Å². The monoisotopic (exact) mass is 291 g/mol. The Morgan fingerprint density at radius 2 is 2.27 bits per heavy atom. The third-order valence-corrected chi connectivity index (χ3v) is 4.82. The van der Waals surface area contributed by atoms with Crippen LogP contribution in [0.5, 0.6) is 0 Å². The van der Waals surface area contributed by atoms with E-state index in [9.17, 15) is 4.79 Å². The van der Waals surface area contributed by atoms with E-state index in [1.54, 1.807) is 6.20 Å². The summed E-state index contributed by atoms with van der Waals surface area (Å²) in [6.07, 6.45) is 6.64. The highest BCUT2D eigenvalue weighted by Crippen LogP contribution is 2.62. The summed E-state index contributed by atoms with van der Waals surface area (Å²) in [5.41, 5.74) is 4.72. The van der Waals surface area contributed by atoms with Gasteiger partial charge in [0.05, 0.1) is 11.6 Å². The van der Waals surface area contributed by atoms with Crippen molar-refractivity contribution in [1.82, 2.24) is 10.2 Å². The number of aromatic nitrogens is 2. The average Bonchev–Trinajstić information content (AvgIpc) is 3.05. The van der Waals surface area contributed by atoms with E-state index in [-0.39, 0.29) is 11.8 Å². The zero-order valence-corrected chi connectivity index (χ0v) is 12.4. The van der Waals surface area contributed by atoms with Crippen LogP contribution in [0.1, 0.15) is 23.2 Å². The van der Waals surface area contributed by atoms with Crippen LogP contribution in [-0.4, -0.2) is 16.1 Å². The number of fused-ring (bicyclic) bond motifs is 2. The molecule has 2 atom stereocenters. The number of hydrogen-bond donors (Lipinski definition) is 2. The van der Waals surface area contributed by atoms with Gasteiger partial charge in [-0.05, 0) is 25.0 Å². The second-order valence-electron chi connectivity index (χ2n) is 6.09. The molecule has 1 aromatic carbocycles. The molecule has 110 valence electrons. The van der Waals surface area contributed by atoms with E-state index >= 15 is 0 Å². The molecule has 2 aliphatic rings. The maximum atomic E-state index is 12.4. The van der Waals surface area contributed by atoms with Crippen LogP contribution in [0.2, 0.25) is 0 Å². The van der Waals surface area contributed by atoms with Gasteiger partial charge in [0.15, 0.2) is 0 Å². The minimum atomic E-state index is -0.399. The van der Waals surface area contributed by atoms with E-state index in [0.29, 0.717) is 0 Å². The molecule has 1 aliphatic carbocycles. The van der Waals surface area contributed by atoms with Gasteiger partial charge in [-0.15, -0.1) is 0 Å². The fourth-order valence-electron chi connectivity index (χ4n) is 3.44. The van der Waals surface area contributed by atoms with Crippen molar-refractivity contribution >= 4 is 17.7 Å². The Balaban J connectivity index is 1.59. The fraction of sp³-hybridized carbons (Fsp3) is 0.222. The lowest BCUT2D eigenvalue weighted by molar-refractivity contribution is -0.118. The molecule has 2 N–H and O–H groups in total. The summed E-state index contributed by atoms with van der Waals surface area (Å²) in [6, 6.07) is 7.95. The van der Waals surface area contributed by atoms with E-state index in [1.165, 1.54) is 0 Å². The first-order valence-corrected chi connectivity index (χ1v) is 7.41. The number of hydrogen-bond acceptors (Lipinski definition) is 2. The minimum absolute atomic E-state index is 0.104. The lowest BCUT2D eigenvalue weighted by Crippen LogP contribution is -2.21. The molecule has 1 aromatic heterocycles. The number of aryl methyl sites for hydroxylation is 1. The number of aromatic amines is 1. The first kappa shape index (κ1) is 13.1. The number of benzene rings is 1. The van der Waals surface area contributed by atoms with E-state index in [0.717, 1.165) is 34.5 Å². The maximum absolute atomic E-state index is 12.4. The summed E-state index contributed by atoms with van der Waals surface area (Å²) in [7, 11) is 0. The molecule has 4 rings (SSSR count). The van der Waals surface area contributed by atoms with Crippen molar-refractivity contribution in [3.05, 3.63) is 65.5 Å². The molecule has 0 unspecified atom stereocenters. The van der Waals surface area contributed by atoms with Crippen LogP contribution >= 0.6 is 0 Å². The normalized spacial score (nSPS) is 25.5.